The first-order valence-electron chi connectivity index (χ1n) is 8.55. The molecule has 0 amide bonds. The van der Waals surface area contributed by atoms with Gasteiger partial charge < -0.3 is 29.7 Å². The van der Waals surface area contributed by atoms with Crippen LogP contribution < -0.4 is 15.3 Å². The van der Waals surface area contributed by atoms with Gasteiger partial charge in [-0.25, -0.2) is 0 Å². The molecule has 0 saturated heterocycles. The number of hydrogen-bond acceptors (Lipinski definition) is 9. The molecule has 0 bridgehead atoms. The molecular weight excluding hydrogens is 539 g/mol. The molecule has 3 unspecified atom stereocenters. The van der Waals surface area contributed by atoms with Gasteiger partial charge in [-0.05, 0) is 40.0 Å². The summed E-state index contributed by atoms with van der Waals surface area (Å²) < 4.78 is 0. The van der Waals surface area contributed by atoms with Gasteiger partial charge in [0.1, 0.15) is 0 Å². The minimum atomic E-state index is -1.11. The fourth-order valence-corrected chi connectivity index (χ4v) is 1.45. The number of carboxylic acids is 3. The summed E-state index contributed by atoms with van der Waals surface area (Å²) in [6.45, 7) is 5.49. The van der Waals surface area contributed by atoms with Crippen molar-refractivity contribution in [3.8, 4) is 0 Å². The summed E-state index contributed by atoms with van der Waals surface area (Å²) in [5, 5.41) is 28.0. The summed E-state index contributed by atoms with van der Waals surface area (Å²) in [5.74, 6) is -3.34. The normalized spacial score (nSPS) is 13.3. The van der Waals surface area contributed by atoms with Crippen molar-refractivity contribution in [2.24, 2.45) is 0 Å². The van der Waals surface area contributed by atoms with E-state index < -0.39 is 33.7 Å². The quantitative estimate of drug-likeness (QED) is 0.208. The molecule has 0 aromatic carbocycles. The molecule has 0 aliphatic rings. The van der Waals surface area contributed by atoms with Crippen molar-refractivity contribution in [3.63, 3.8) is 0 Å². The van der Waals surface area contributed by atoms with Gasteiger partial charge in [0.15, 0.2) is 0 Å². The number of carboxylic acid groups (broad SMARTS) is 3. The Morgan fingerprint density at radius 3 is 0.931 bits per heavy atom. The number of carbonyl (C=O) groups is 3. The van der Waals surface area contributed by atoms with Gasteiger partial charge in [0.25, 0.3) is 0 Å². The second kappa shape index (κ2) is 27.5. The number of allylic oxidation sites excluding steroid dienone is 6. The number of rotatable bonds is 9. The summed E-state index contributed by atoms with van der Waals surface area (Å²) in [7, 11) is 0. The predicted octanol–water partition coefficient (Wildman–Crippen LogP) is 0.206. The summed E-state index contributed by atoms with van der Waals surface area (Å²) in [6.07, 6.45) is 11.9. The average molecular weight is 569 g/mol. The Morgan fingerprint density at radius 1 is 0.655 bits per heavy atom. The topological polar surface area (TPSA) is 120 Å². The standard InChI is InChI=1S/3C6H10O2S.CH3.Sn/c3*1-2-3-4-5(9)6(7)8;;/h3*2-3,5,9H,4H2,1H3,(H,7,8);1H3;/q;;;;+3/p-3. The molecule has 3 atom stereocenters. The van der Waals surface area contributed by atoms with E-state index in [1.807, 2.05) is 20.8 Å². The van der Waals surface area contributed by atoms with E-state index in [1.165, 1.54) is 0 Å². The van der Waals surface area contributed by atoms with Crippen LogP contribution in [0.1, 0.15) is 40.0 Å². The Bertz CT molecular complexity index is 439. The van der Waals surface area contributed by atoms with E-state index >= 15 is 0 Å². The molecular formula is C19H30O6S3Sn. The molecule has 0 aliphatic carbocycles. The first-order valence-corrected chi connectivity index (χ1v) is 13.0. The third-order valence-corrected chi connectivity index (χ3v) is 3.87. The molecule has 0 fully saturated rings. The van der Waals surface area contributed by atoms with E-state index in [4.69, 9.17) is 0 Å². The Balaban J connectivity index is -0.000000155. The van der Waals surface area contributed by atoms with Crippen LogP contribution in [0.15, 0.2) is 36.5 Å². The predicted molar refractivity (Wildman–Crippen MR) is 123 cm³/mol. The molecule has 29 heavy (non-hydrogen) atoms. The number of carbonyl (C=O) groups excluding carboxylic acids is 3. The van der Waals surface area contributed by atoms with Crippen LogP contribution >= 0.6 is 37.9 Å². The maximum atomic E-state index is 9.98. The zero-order valence-electron chi connectivity index (χ0n) is 17.1. The second-order valence-electron chi connectivity index (χ2n) is 4.92. The van der Waals surface area contributed by atoms with Gasteiger partial charge in [0.2, 0.25) is 0 Å². The molecule has 0 aromatic rings. The zero-order chi connectivity index (χ0) is 23.8. The third-order valence-electron chi connectivity index (χ3n) is 2.60. The van der Waals surface area contributed by atoms with Crippen molar-refractivity contribution in [1.82, 2.24) is 0 Å². The van der Waals surface area contributed by atoms with Crippen molar-refractivity contribution >= 4 is 78.3 Å². The maximum absolute atomic E-state index is 9.98. The number of hydrogen-bond donors (Lipinski definition) is 3. The van der Waals surface area contributed by atoms with Crippen LogP contribution in [0.5, 0.6) is 0 Å². The molecule has 0 aromatic heterocycles. The van der Waals surface area contributed by atoms with Crippen LogP contribution in [0.3, 0.4) is 0 Å². The van der Waals surface area contributed by atoms with E-state index in [9.17, 15) is 29.7 Å². The average Bonchev–Trinajstić information content (AvgIpc) is 2.70. The van der Waals surface area contributed by atoms with Gasteiger partial charge in [0, 0.05) is 15.7 Å². The minimum absolute atomic E-state index is 0.432. The van der Waals surface area contributed by atoms with Crippen LogP contribution in [0, 0.1) is 0 Å². The molecule has 10 heteroatoms. The van der Waals surface area contributed by atoms with Crippen molar-refractivity contribution in [2.75, 3.05) is 0 Å². The Hall–Kier alpha value is -0.521. The van der Waals surface area contributed by atoms with E-state index in [-0.39, 0.29) is 0 Å². The number of thiol groups is 3. The molecule has 0 heterocycles. The first kappa shape index (κ1) is 35.9. The van der Waals surface area contributed by atoms with Crippen molar-refractivity contribution in [2.45, 2.75) is 60.7 Å². The first-order chi connectivity index (χ1) is 13.5. The van der Waals surface area contributed by atoms with Crippen molar-refractivity contribution in [3.05, 3.63) is 36.5 Å². The van der Waals surface area contributed by atoms with Gasteiger partial charge >= 0.3 is 27.5 Å². The van der Waals surface area contributed by atoms with E-state index in [0.29, 0.717) is 19.3 Å². The van der Waals surface area contributed by atoms with Crippen molar-refractivity contribution in [1.29, 1.82) is 0 Å². The van der Waals surface area contributed by atoms with E-state index in [0.717, 1.165) is 0 Å². The summed E-state index contributed by atoms with van der Waals surface area (Å²) in [4.78, 5) is 32.0. The molecule has 0 N–H and O–H groups in total. The molecule has 0 aliphatic heterocycles. The van der Waals surface area contributed by atoms with E-state index in [1.54, 1.807) is 59.0 Å². The van der Waals surface area contributed by atoms with Gasteiger partial charge in [-0.15, -0.1) is 0 Å². The van der Waals surface area contributed by atoms with Gasteiger partial charge in [0.05, 0.1) is 17.9 Å². The fourth-order valence-electron chi connectivity index (χ4n) is 1.08. The Morgan fingerprint density at radius 2 is 0.828 bits per heavy atom. The van der Waals surface area contributed by atoms with Gasteiger partial charge in [-0.2, -0.15) is 37.9 Å². The van der Waals surface area contributed by atoms with Crippen LogP contribution in [-0.4, -0.2) is 56.2 Å². The van der Waals surface area contributed by atoms with Crippen LogP contribution in [0.4, 0.5) is 0 Å². The zero-order valence-corrected chi connectivity index (χ0v) is 22.6. The monoisotopic (exact) mass is 570 g/mol. The SMILES string of the molecule is CC=CCC(S)C(=O)[O-].CC=CCC(S)C(=O)[O-].CC=CCC(S)C(=O)[O-].[CH3][Sn+3]. The molecule has 0 radical (unpaired) electrons. The van der Waals surface area contributed by atoms with Gasteiger partial charge in [-0.1, -0.05) is 36.5 Å². The van der Waals surface area contributed by atoms with E-state index in [2.05, 4.69) is 42.8 Å². The summed E-state index contributed by atoms with van der Waals surface area (Å²) >= 11 is 12.8. The van der Waals surface area contributed by atoms with Crippen LogP contribution in [-0.2, 0) is 14.4 Å². The van der Waals surface area contributed by atoms with Crippen LogP contribution in [0.25, 0.3) is 0 Å². The molecule has 0 saturated carbocycles. The number of aliphatic carboxylic acids is 3. The van der Waals surface area contributed by atoms with Gasteiger partial charge in [-0.3, -0.25) is 0 Å². The van der Waals surface area contributed by atoms with Crippen LogP contribution in [0.2, 0.25) is 4.94 Å². The van der Waals surface area contributed by atoms with Crippen molar-refractivity contribution < 1.29 is 29.7 Å². The second-order valence-corrected chi connectivity index (χ2v) is 6.79. The molecule has 0 rings (SSSR count). The molecule has 164 valence electrons. The summed E-state index contributed by atoms with van der Waals surface area (Å²) in [5.41, 5.74) is 0. The third kappa shape index (κ3) is 32.4. The fraction of sp³-hybridized carbons (Fsp3) is 0.526. The molecule has 6 nitrogen and oxygen atoms in total. The Kier molecular flexibility index (Phi) is 34.0. The summed E-state index contributed by atoms with van der Waals surface area (Å²) in [6, 6.07) is 0. The molecule has 0 spiro atoms. The Labute approximate surface area is 204 Å².